The number of hydrogen-bond acceptors (Lipinski definition) is 5. The molecule has 1 aliphatic heterocycles. The molecule has 0 spiro atoms. The second kappa shape index (κ2) is 6.43. The summed E-state index contributed by atoms with van der Waals surface area (Å²) in [5.74, 6) is 0.515. The first kappa shape index (κ1) is 14.3. The fraction of sp³-hybridized carbons (Fsp3) is 0.312. The van der Waals surface area contributed by atoms with Gasteiger partial charge in [-0.15, -0.1) is 0 Å². The Labute approximate surface area is 129 Å². The van der Waals surface area contributed by atoms with Crippen LogP contribution in [-0.2, 0) is 6.54 Å². The predicted octanol–water partition coefficient (Wildman–Crippen LogP) is 1.79. The lowest BCUT2D eigenvalue weighted by atomic mass is 10.2. The normalized spacial score (nSPS) is 14.1. The average molecular weight is 297 g/mol. The number of nitrogens with one attached hydrogen (secondary N) is 1. The molecular formula is C16H19N5O. The molecule has 1 amide bonds. The maximum Gasteiger partial charge on any atom is 0.267 e. The molecule has 6 nitrogen and oxygen atoms in total. The average Bonchev–Trinajstić information content (AvgIpc) is 3.08. The summed E-state index contributed by atoms with van der Waals surface area (Å²) in [6, 6.07) is 7.58. The highest BCUT2D eigenvalue weighted by Gasteiger charge is 2.12. The highest BCUT2D eigenvalue weighted by Crippen LogP contribution is 2.18. The number of anilines is 2. The fourth-order valence-corrected chi connectivity index (χ4v) is 2.53. The van der Waals surface area contributed by atoms with Crippen LogP contribution in [-0.4, -0.2) is 29.0 Å². The molecule has 3 N–H and O–H groups in total. The first-order valence-electron chi connectivity index (χ1n) is 7.42. The van der Waals surface area contributed by atoms with Crippen molar-refractivity contribution in [2.45, 2.75) is 19.4 Å². The van der Waals surface area contributed by atoms with Crippen LogP contribution in [0.25, 0.3) is 0 Å². The second-order valence-electron chi connectivity index (χ2n) is 5.37. The molecule has 3 rings (SSSR count). The molecule has 3 heterocycles. The molecule has 0 atom stereocenters. The first-order valence-corrected chi connectivity index (χ1v) is 7.42. The van der Waals surface area contributed by atoms with Gasteiger partial charge in [-0.1, -0.05) is 6.07 Å². The molecule has 2 aromatic rings. The fourth-order valence-electron chi connectivity index (χ4n) is 2.53. The number of rotatable bonds is 5. The Bertz CT molecular complexity index is 650. The lowest BCUT2D eigenvalue weighted by Gasteiger charge is -2.16. The highest BCUT2D eigenvalue weighted by molar-refractivity contribution is 5.91. The number of nitrogens with zero attached hydrogens (tertiary/aromatic N) is 3. The van der Waals surface area contributed by atoms with Crippen LogP contribution in [0.2, 0.25) is 0 Å². The van der Waals surface area contributed by atoms with Gasteiger partial charge in [-0.3, -0.25) is 9.78 Å². The van der Waals surface area contributed by atoms with Crippen molar-refractivity contribution in [2.24, 2.45) is 5.73 Å². The smallest absolute Gasteiger partial charge is 0.267 e. The summed E-state index contributed by atoms with van der Waals surface area (Å²) in [6.45, 7) is 2.82. The van der Waals surface area contributed by atoms with E-state index in [-0.39, 0.29) is 5.69 Å². The van der Waals surface area contributed by atoms with Gasteiger partial charge in [-0.2, -0.15) is 0 Å². The molecular weight excluding hydrogens is 278 g/mol. The Hall–Kier alpha value is -2.63. The first-order chi connectivity index (χ1) is 10.7. The van der Waals surface area contributed by atoms with E-state index in [1.54, 1.807) is 18.3 Å². The molecule has 1 fully saturated rings. The van der Waals surface area contributed by atoms with Crippen LogP contribution in [0.15, 0.2) is 36.7 Å². The van der Waals surface area contributed by atoms with Gasteiger partial charge in [0.05, 0.1) is 0 Å². The van der Waals surface area contributed by atoms with Crippen molar-refractivity contribution >= 4 is 17.4 Å². The minimum Gasteiger partial charge on any atom is -0.381 e. The molecule has 2 aromatic heterocycles. The van der Waals surface area contributed by atoms with Crippen LogP contribution in [0.3, 0.4) is 0 Å². The van der Waals surface area contributed by atoms with Crippen molar-refractivity contribution < 1.29 is 4.79 Å². The maximum absolute atomic E-state index is 11.1. The molecule has 1 saturated heterocycles. The molecule has 6 heteroatoms. The molecule has 0 bridgehead atoms. The van der Waals surface area contributed by atoms with Gasteiger partial charge in [0.2, 0.25) is 0 Å². The standard InChI is InChI=1S/C16H19N5O/c17-16(22)14-9-13(5-6-18-14)19-10-12-3-4-15(20-11-12)21-7-1-2-8-21/h3-6,9,11H,1-2,7-8,10H2,(H2,17,22)(H,18,19). The Morgan fingerprint density at radius 1 is 1.23 bits per heavy atom. The van der Waals surface area contributed by atoms with E-state index < -0.39 is 5.91 Å². The van der Waals surface area contributed by atoms with E-state index in [4.69, 9.17) is 5.73 Å². The summed E-state index contributed by atoms with van der Waals surface area (Å²) >= 11 is 0. The number of carbonyl (C=O) groups is 1. The molecule has 1 aliphatic rings. The lowest BCUT2D eigenvalue weighted by molar-refractivity contribution is 0.0995. The molecule has 0 saturated carbocycles. The third-order valence-electron chi connectivity index (χ3n) is 3.75. The van der Waals surface area contributed by atoms with E-state index in [0.29, 0.717) is 6.54 Å². The van der Waals surface area contributed by atoms with Gasteiger partial charge in [0.25, 0.3) is 5.91 Å². The Morgan fingerprint density at radius 2 is 2.05 bits per heavy atom. The zero-order valence-corrected chi connectivity index (χ0v) is 12.3. The quantitative estimate of drug-likeness (QED) is 0.879. The lowest BCUT2D eigenvalue weighted by Crippen LogP contribution is -2.18. The number of nitrogens with two attached hydrogens (primary N) is 1. The Kier molecular flexibility index (Phi) is 4.18. The van der Waals surface area contributed by atoms with E-state index in [1.165, 1.54) is 12.8 Å². The van der Waals surface area contributed by atoms with Gasteiger partial charge >= 0.3 is 0 Å². The van der Waals surface area contributed by atoms with E-state index in [0.717, 1.165) is 30.2 Å². The summed E-state index contributed by atoms with van der Waals surface area (Å²) < 4.78 is 0. The van der Waals surface area contributed by atoms with Crippen LogP contribution in [0, 0.1) is 0 Å². The zero-order chi connectivity index (χ0) is 15.4. The summed E-state index contributed by atoms with van der Waals surface area (Å²) in [6.07, 6.45) is 5.94. The molecule has 114 valence electrons. The number of amides is 1. The summed E-state index contributed by atoms with van der Waals surface area (Å²) in [5, 5.41) is 3.24. The molecule has 0 radical (unpaired) electrons. The molecule has 22 heavy (non-hydrogen) atoms. The number of primary amides is 1. The third-order valence-corrected chi connectivity index (χ3v) is 3.75. The zero-order valence-electron chi connectivity index (χ0n) is 12.3. The van der Waals surface area contributed by atoms with Crippen LogP contribution in [0.4, 0.5) is 11.5 Å². The highest BCUT2D eigenvalue weighted by atomic mass is 16.1. The third kappa shape index (κ3) is 3.33. The SMILES string of the molecule is NC(=O)c1cc(NCc2ccc(N3CCCC3)nc2)ccn1. The van der Waals surface area contributed by atoms with Crippen LogP contribution in [0.5, 0.6) is 0 Å². The van der Waals surface area contributed by atoms with Crippen molar-refractivity contribution in [3.05, 3.63) is 47.9 Å². The topological polar surface area (TPSA) is 84.1 Å². The van der Waals surface area contributed by atoms with Crippen molar-refractivity contribution in [1.29, 1.82) is 0 Å². The number of hydrogen-bond donors (Lipinski definition) is 2. The predicted molar refractivity (Wildman–Crippen MR) is 85.8 cm³/mol. The van der Waals surface area contributed by atoms with Crippen LogP contribution < -0.4 is 16.0 Å². The van der Waals surface area contributed by atoms with Gasteiger partial charge in [0.1, 0.15) is 11.5 Å². The van der Waals surface area contributed by atoms with E-state index >= 15 is 0 Å². The van der Waals surface area contributed by atoms with Crippen LogP contribution >= 0.6 is 0 Å². The van der Waals surface area contributed by atoms with Crippen LogP contribution in [0.1, 0.15) is 28.9 Å². The van der Waals surface area contributed by atoms with Crippen molar-refractivity contribution in [2.75, 3.05) is 23.3 Å². The van der Waals surface area contributed by atoms with Crippen molar-refractivity contribution in [3.8, 4) is 0 Å². The Balaban J connectivity index is 1.61. The maximum atomic E-state index is 11.1. The second-order valence-corrected chi connectivity index (χ2v) is 5.37. The van der Waals surface area contributed by atoms with Gasteiger partial charge < -0.3 is 16.0 Å². The largest absolute Gasteiger partial charge is 0.381 e. The van der Waals surface area contributed by atoms with Crippen molar-refractivity contribution in [3.63, 3.8) is 0 Å². The van der Waals surface area contributed by atoms with Crippen molar-refractivity contribution in [1.82, 2.24) is 9.97 Å². The summed E-state index contributed by atoms with van der Waals surface area (Å²) in [5.41, 5.74) is 7.38. The van der Waals surface area contributed by atoms with Gasteiger partial charge in [0, 0.05) is 37.7 Å². The van der Waals surface area contributed by atoms with Gasteiger partial charge in [0.15, 0.2) is 0 Å². The summed E-state index contributed by atoms with van der Waals surface area (Å²) in [7, 11) is 0. The van der Waals surface area contributed by atoms with Gasteiger partial charge in [-0.25, -0.2) is 4.98 Å². The minimum absolute atomic E-state index is 0.257. The van der Waals surface area contributed by atoms with E-state index in [9.17, 15) is 4.79 Å². The number of pyridine rings is 2. The molecule has 0 aliphatic carbocycles. The number of aromatic nitrogens is 2. The summed E-state index contributed by atoms with van der Waals surface area (Å²) in [4.78, 5) is 21.8. The molecule has 0 aromatic carbocycles. The number of carbonyl (C=O) groups excluding carboxylic acids is 1. The minimum atomic E-state index is -0.528. The van der Waals surface area contributed by atoms with E-state index in [1.807, 2.05) is 6.20 Å². The monoisotopic (exact) mass is 297 g/mol. The van der Waals surface area contributed by atoms with Gasteiger partial charge in [-0.05, 0) is 36.6 Å². The molecule has 0 unspecified atom stereocenters. The van der Waals surface area contributed by atoms with E-state index in [2.05, 4.69) is 32.3 Å². The Morgan fingerprint density at radius 3 is 2.73 bits per heavy atom.